The van der Waals surface area contributed by atoms with Crippen LogP contribution in [0, 0.1) is 0 Å². The summed E-state index contributed by atoms with van der Waals surface area (Å²) in [7, 11) is 0. The Bertz CT molecular complexity index is 1110. The van der Waals surface area contributed by atoms with E-state index in [1.807, 2.05) is 0 Å². The molecule has 8 heteroatoms. The Morgan fingerprint density at radius 1 is 0.714 bits per heavy atom. The Hall–Kier alpha value is -4.01. The molecule has 0 saturated heterocycles. The van der Waals surface area contributed by atoms with E-state index in [0.29, 0.717) is 0 Å². The van der Waals surface area contributed by atoms with E-state index in [9.17, 15) is 19.6 Å². The fourth-order valence-corrected chi connectivity index (χ4v) is 3.34. The lowest BCUT2D eigenvalue weighted by Crippen LogP contribution is -2.52. The lowest BCUT2D eigenvalue weighted by atomic mass is 9.96. The van der Waals surface area contributed by atoms with Crippen molar-refractivity contribution < 1.29 is 38.7 Å². The Kier molecular flexibility index (Phi) is 8.72. The molecule has 0 amide bonds. The molecule has 0 aliphatic rings. The Morgan fingerprint density at radius 3 is 1.60 bits per heavy atom. The van der Waals surface area contributed by atoms with Gasteiger partial charge in [-0.1, -0.05) is 54.6 Å². The van der Waals surface area contributed by atoms with Gasteiger partial charge in [-0.2, -0.15) is 0 Å². The van der Waals surface area contributed by atoms with Crippen LogP contribution in [-0.4, -0.2) is 47.6 Å². The number of carbonyl (C=O) groups excluding carboxylic acids is 3. The molecule has 0 aliphatic carbocycles. The van der Waals surface area contributed by atoms with Crippen molar-refractivity contribution in [1.29, 1.82) is 0 Å². The average Bonchev–Trinajstić information content (AvgIpc) is 2.89. The van der Waals surface area contributed by atoms with Gasteiger partial charge in [0.05, 0.1) is 16.7 Å². The maximum absolute atomic E-state index is 12.8. The zero-order valence-electron chi connectivity index (χ0n) is 19.3. The van der Waals surface area contributed by atoms with E-state index in [4.69, 9.17) is 14.2 Å². The molecule has 182 valence electrons. The van der Waals surface area contributed by atoms with E-state index in [0.717, 1.165) is 0 Å². The number of benzene rings is 3. The minimum atomic E-state index is -1.50. The molecule has 0 aromatic heterocycles. The predicted octanol–water partition coefficient (Wildman–Crippen LogP) is 4.56. The molecule has 0 heterocycles. The molecule has 8 nitrogen and oxygen atoms in total. The summed E-state index contributed by atoms with van der Waals surface area (Å²) in [5.74, 6) is -2.08. The second-order valence-corrected chi connectivity index (χ2v) is 8.16. The molecule has 3 aromatic rings. The highest BCUT2D eigenvalue weighted by Crippen LogP contribution is 2.26. The number of carbonyl (C=O) groups is 3. The van der Waals surface area contributed by atoms with Crippen LogP contribution in [0.25, 0.3) is 0 Å². The second kappa shape index (κ2) is 11.9. The van der Waals surface area contributed by atoms with Gasteiger partial charge in [-0.25, -0.2) is 19.3 Å². The fourth-order valence-electron chi connectivity index (χ4n) is 3.34. The molecule has 35 heavy (non-hydrogen) atoms. The lowest BCUT2D eigenvalue weighted by Gasteiger charge is -2.36. The van der Waals surface area contributed by atoms with Gasteiger partial charge < -0.3 is 14.2 Å². The van der Waals surface area contributed by atoms with Crippen LogP contribution >= 0.6 is 0 Å². The molecule has 3 rings (SSSR count). The maximum Gasteiger partial charge on any atom is 0.338 e. The highest BCUT2D eigenvalue weighted by Gasteiger charge is 2.44. The molecule has 0 saturated carbocycles. The normalized spacial score (nSPS) is 12.8. The summed E-state index contributed by atoms with van der Waals surface area (Å²) in [6.45, 7) is 2.52. The van der Waals surface area contributed by atoms with Crippen LogP contribution in [0.15, 0.2) is 91.0 Å². The Labute approximate surface area is 202 Å². The van der Waals surface area contributed by atoms with Gasteiger partial charge in [-0.05, 0) is 50.2 Å². The van der Waals surface area contributed by atoms with Gasteiger partial charge in [0.15, 0.2) is 12.2 Å². The summed E-state index contributed by atoms with van der Waals surface area (Å²) >= 11 is 0. The number of hydrogen-bond donors (Lipinski definition) is 1. The number of rotatable bonds is 10. The smallest absolute Gasteiger partial charge is 0.338 e. The van der Waals surface area contributed by atoms with Crippen molar-refractivity contribution in [3.05, 3.63) is 108 Å². The van der Waals surface area contributed by atoms with Crippen molar-refractivity contribution in [3.8, 4) is 0 Å². The van der Waals surface area contributed by atoms with E-state index >= 15 is 0 Å². The summed E-state index contributed by atoms with van der Waals surface area (Å²) in [6, 6.07) is 24.6. The summed E-state index contributed by atoms with van der Waals surface area (Å²) in [4.78, 5) is 42.5. The van der Waals surface area contributed by atoms with Gasteiger partial charge in [-0.15, -0.1) is 0 Å². The molecule has 1 N–H and O–H groups in total. The Morgan fingerprint density at radius 2 is 1.14 bits per heavy atom. The third-order valence-corrected chi connectivity index (χ3v) is 5.16. The van der Waals surface area contributed by atoms with Crippen molar-refractivity contribution >= 4 is 17.9 Å². The zero-order chi connectivity index (χ0) is 25.3. The average molecular weight is 478 g/mol. The maximum atomic E-state index is 12.8. The summed E-state index contributed by atoms with van der Waals surface area (Å²) in [6.07, 6.45) is -2.72. The minimum absolute atomic E-state index is 0.237. The van der Waals surface area contributed by atoms with Crippen LogP contribution in [0.5, 0.6) is 0 Å². The molecular weight excluding hydrogens is 452 g/mol. The van der Waals surface area contributed by atoms with Crippen LogP contribution in [0.1, 0.15) is 44.9 Å². The number of ether oxygens (including phenoxy) is 3. The molecule has 3 aromatic carbocycles. The van der Waals surface area contributed by atoms with Gasteiger partial charge in [0.2, 0.25) is 0 Å². The third kappa shape index (κ3) is 6.99. The van der Waals surface area contributed by atoms with Crippen molar-refractivity contribution in [2.45, 2.75) is 31.7 Å². The molecule has 0 bridgehead atoms. The monoisotopic (exact) mass is 478 g/mol. The summed E-state index contributed by atoms with van der Waals surface area (Å²) in [5.41, 5.74) is -0.688. The van der Waals surface area contributed by atoms with E-state index in [1.165, 1.54) is 13.8 Å². The number of hydrogen-bond acceptors (Lipinski definition) is 8. The first-order valence-corrected chi connectivity index (χ1v) is 10.9. The van der Waals surface area contributed by atoms with Gasteiger partial charge in [0, 0.05) is 0 Å². The zero-order valence-corrected chi connectivity index (χ0v) is 19.3. The summed E-state index contributed by atoms with van der Waals surface area (Å²) < 4.78 is 16.6. The molecule has 0 spiro atoms. The van der Waals surface area contributed by atoms with Crippen molar-refractivity contribution in [2.75, 3.05) is 6.61 Å². The van der Waals surface area contributed by atoms with E-state index in [1.54, 1.807) is 91.0 Å². The van der Waals surface area contributed by atoms with Gasteiger partial charge in [-0.3, -0.25) is 5.26 Å². The highest BCUT2D eigenvalue weighted by atomic mass is 17.1. The van der Waals surface area contributed by atoms with Crippen molar-refractivity contribution in [3.63, 3.8) is 0 Å². The minimum Gasteiger partial charge on any atom is -0.459 e. The molecule has 0 fully saturated rings. The van der Waals surface area contributed by atoms with Crippen LogP contribution in [-0.2, 0) is 19.1 Å². The van der Waals surface area contributed by atoms with Crippen LogP contribution in [0.2, 0.25) is 0 Å². The van der Waals surface area contributed by atoms with Crippen LogP contribution in [0.4, 0.5) is 0 Å². The van der Waals surface area contributed by atoms with E-state index < -0.39 is 42.3 Å². The standard InChI is InChI=1S/C27H26O8/c1-27(2,34-26(30)21-16-10-5-11-17-21)23(33-25(29)20-14-8-4-9-15-20)22(35-31)18-32-24(28)19-12-6-3-7-13-19/h3-17,22-23,31H,18H2,1-2H3/t22-,23?/m1/s1. The van der Waals surface area contributed by atoms with Gasteiger partial charge >= 0.3 is 17.9 Å². The quantitative estimate of drug-likeness (QED) is 0.196. The largest absolute Gasteiger partial charge is 0.459 e. The molecule has 1 unspecified atom stereocenters. The van der Waals surface area contributed by atoms with Crippen LogP contribution < -0.4 is 0 Å². The van der Waals surface area contributed by atoms with E-state index in [2.05, 4.69) is 4.89 Å². The lowest BCUT2D eigenvalue weighted by molar-refractivity contribution is -0.313. The first-order chi connectivity index (χ1) is 16.8. The highest BCUT2D eigenvalue weighted by molar-refractivity contribution is 5.91. The molecule has 2 atom stereocenters. The number of esters is 3. The van der Waals surface area contributed by atoms with Gasteiger partial charge in [0.25, 0.3) is 0 Å². The second-order valence-electron chi connectivity index (χ2n) is 8.16. The van der Waals surface area contributed by atoms with E-state index in [-0.39, 0.29) is 16.7 Å². The molecule has 0 aliphatic heterocycles. The van der Waals surface area contributed by atoms with Crippen molar-refractivity contribution in [2.24, 2.45) is 0 Å². The predicted molar refractivity (Wildman–Crippen MR) is 126 cm³/mol. The first-order valence-electron chi connectivity index (χ1n) is 10.9. The summed E-state index contributed by atoms with van der Waals surface area (Å²) in [5, 5.41) is 9.65. The third-order valence-electron chi connectivity index (χ3n) is 5.16. The molecule has 0 radical (unpaired) electrons. The SMILES string of the molecule is CC(C)(OC(=O)c1ccccc1)C(OC(=O)c1ccccc1)[C@@H](COC(=O)c1ccccc1)OO. The first kappa shape index (κ1) is 25.6. The van der Waals surface area contributed by atoms with Gasteiger partial charge in [0.1, 0.15) is 12.2 Å². The molecular formula is C27H26O8. The van der Waals surface area contributed by atoms with Crippen LogP contribution in [0.3, 0.4) is 0 Å². The topological polar surface area (TPSA) is 108 Å². The fraction of sp³-hybridized carbons (Fsp3) is 0.222. The van der Waals surface area contributed by atoms with Crippen molar-refractivity contribution in [1.82, 2.24) is 0 Å². The Balaban J connectivity index is 1.82.